The molecule has 1 aromatic carbocycles. The van der Waals surface area contributed by atoms with Crippen LogP contribution in [0.1, 0.15) is 72.7 Å². The number of hydrogen-bond acceptors (Lipinski definition) is 4. The van der Waals surface area contributed by atoms with E-state index in [9.17, 15) is 4.79 Å². The Morgan fingerprint density at radius 1 is 1.10 bits per heavy atom. The van der Waals surface area contributed by atoms with Crippen LogP contribution < -0.4 is 5.56 Å². The third kappa shape index (κ3) is 4.64. The maximum atomic E-state index is 12.7. The third-order valence-electron chi connectivity index (χ3n) is 6.42. The number of nitrogens with zero attached hydrogens (tertiary/aromatic N) is 3. The minimum Gasteiger partial charge on any atom is -0.322 e. The number of allylic oxidation sites excluding steroid dienone is 1. The molecule has 6 nitrogen and oxygen atoms in total. The summed E-state index contributed by atoms with van der Waals surface area (Å²) < 4.78 is 0. The van der Waals surface area contributed by atoms with Crippen LogP contribution in [0, 0.1) is 5.92 Å². The van der Waals surface area contributed by atoms with Crippen LogP contribution in [0.2, 0.25) is 5.02 Å². The summed E-state index contributed by atoms with van der Waals surface area (Å²) in [7, 11) is 0. The van der Waals surface area contributed by atoms with Crippen molar-refractivity contribution in [3.05, 3.63) is 80.0 Å². The molecule has 0 unspecified atom stereocenters. The van der Waals surface area contributed by atoms with Crippen molar-refractivity contribution in [2.24, 2.45) is 5.92 Å². The van der Waals surface area contributed by atoms with Crippen LogP contribution >= 0.6 is 11.6 Å². The van der Waals surface area contributed by atoms with Crippen molar-refractivity contribution >= 4 is 17.2 Å². The molecule has 0 bridgehead atoms. The molecule has 31 heavy (non-hydrogen) atoms. The molecule has 2 fully saturated rings. The lowest BCUT2D eigenvalue weighted by Crippen LogP contribution is -2.13. The van der Waals surface area contributed by atoms with Crippen LogP contribution in [0.15, 0.2) is 41.2 Å². The van der Waals surface area contributed by atoms with E-state index in [-0.39, 0.29) is 5.56 Å². The molecular weight excluding hydrogens is 410 g/mol. The molecule has 0 amide bonds. The Morgan fingerprint density at radius 2 is 1.94 bits per heavy atom. The number of hydrogen-bond donors (Lipinski definition) is 2. The Balaban J connectivity index is 1.45. The zero-order chi connectivity index (χ0) is 21.2. The van der Waals surface area contributed by atoms with Gasteiger partial charge in [-0.1, -0.05) is 53.9 Å². The summed E-state index contributed by atoms with van der Waals surface area (Å²) in [4.78, 5) is 15.8. The van der Waals surface area contributed by atoms with E-state index >= 15 is 0 Å². The summed E-state index contributed by atoms with van der Waals surface area (Å²) in [5.41, 5.74) is 4.98. The number of benzene rings is 1. The van der Waals surface area contributed by atoms with Gasteiger partial charge in [-0.05, 0) is 67.2 Å². The molecule has 2 aromatic heterocycles. The Bertz CT molecular complexity index is 1140. The van der Waals surface area contributed by atoms with Crippen LogP contribution in [0.5, 0.6) is 0 Å². The SMILES string of the molecule is O=c1[nH]c(/C(=C/C2CCCC2)c2ccc(CCc3nn[nH]n3)c(Cl)c2)ccc1C1CC1. The molecule has 0 atom stereocenters. The van der Waals surface area contributed by atoms with Gasteiger partial charge >= 0.3 is 0 Å². The van der Waals surface area contributed by atoms with Crippen molar-refractivity contribution < 1.29 is 0 Å². The Kier molecular flexibility index (Phi) is 5.72. The number of halogens is 1. The second-order valence-electron chi connectivity index (χ2n) is 8.69. The predicted molar refractivity (Wildman–Crippen MR) is 121 cm³/mol. The number of aromatic amines is 2. The normalized spacial score (nSPS) is 17.4. The molecule has 7 heteroatoms. The van der Waals surface area contributed by atoms with Gasteiger partial charge in [0.05, 0.1) is 0 Å². The summed E-state index contributed by atoms with van der Waals surface area (Å²) >= 11 is 6.66. The second kappa shape index (κ2) is 8.79. The van der Waals surface area contributed by atoms with E-state index in [4.69, 9.17) is 11.6 Å². The molecule has 2 aliphatic carbocycles. The smallest absolute Gasteiger partial charge is 0.251 e. The minimum atomic E-state index is 0.0418. The van der Waals surface area contributed by atoms with Crippen molar-refractivity contribution in [3.8, 4) is 0 Å². The number of pyridine rings is 1. The van der Waals surface area contributed by atoms with Crippen LogP contribution in [0.3, 0.4) is 0 Å². The van der Waals surface area contributed by atoms with Crippen LogP contribution in [0.4, 0.5) is 0 Å². The average molecular weight is 436 g/mol. The van der Waals surface area contributed by atoms with Crippen molar-refractivity contribution in [1.82, 2.24) is 25.6 Å². The van der Waals surface area contributed by atoms with Gasteiger partial charge in [0.1, 0.15) is 0 Å². The lowest BCUT2D eigenvalue weighted by molar-refractivity contribution is 0.687. The number of rotatable bonds is 7. The van der Waals surface area contributed by atoms with E-state index in [1.807, 2.05) is 12.1 Å². The van der Waals surface area contributed by atoms with Gasteiger partial charge in [0.2, 0.25) is 0 Å². The molecule has 0 radical (unpaired) electrons. The molecule has 160 valence electrons. The predicted octanol–water partition coefficient (Wildman–Crippen LogP) is 4.83. The second-order valence-corrected chi connectivity index (χ2v) is 9.10. The fraction of sp³-hybridized carbons (Fsp3) is 0.417. The molecule has 0 spiro atoms. The van der Waals surface area contributed by atoms with Crippen LogP contribution in [0.25, 0.3) is 5.57 Å². The molecule has 0 aliphatic heterocycles. The maximum absolute atomic E-state index is 12.7. The highest BCUT2D eigenvalue weighted by molar-refractivity contribution is 6.31. The molecule has 2 aliphatic rings. The molecule has 2 N–H and O–H groups in total. The first-order chi connectivity index (χ1) is 15.2. The minimum absolute atomic E-state index is 0.0418. The summed E-state index contributed by atoms with van der Waals surface area (Å²) in [6.07, 6.45) is 10.9. The van der Waals surface area contributed by atoms with E-state index in [1.54, 1.807) is 0 Å². The van der Waals surface area contributed by atoms with Gasteiger partial charge in [-0.3, -0.25) is 4.79 Å². The lowest BCUT2D eigenvalue weighted by atomic mass is 9.94. The van der Waals surface area contributed by atoms with Crippen molar-refractivity contribution in [1.29, 1.82) is 0 Å². The summed E-state index contributed by atoms with van der Waals surface area (Å²) in [5, 5.41) is 14.8. The fourth-order valence-electron chi connectivity index (χ4n) is 4.51. The van der Waals surface area contributed by atoms with E-state index in [0.717, 1.165) is 52.2 Å². The third-order valence-corrected chi connectivity index (χ3v) is 6.77. The van der Waals surface area contributed by atoms with Gasteiger partial charge in [-0.15, -0.1) is 10.2 Å². The number of H-pyrrole nitrogens is 2. The standard InChI is InChI=1S/C24H26ClN5O/c25-21-14-18(8-7-17(21)9-12-23-27-29-30-28-23)20(13-15-3-1-2-4-15)22-11-10-19(16-5-6-16)24(31)26-22/h7-8,10-11,13-16H,1-6,9,12H2,(H,26,31)(H,27,28,29,30)/b20-13+. The maximum Gasteiger partial charge on any atom is 0.251 e. The van der Waals surface area contributed by atoms with E-state index in [0.29, 0.717) is 24.1 Å². The fourth-order valence-corrected chi connectivity index (χ4v) is 4.79. The highest BCUT2D eigenvalue weighted by Crippen LogP contribution is 2.39. The van der Waals surface area contributed by atoms with E-state index in [1.165, 1.54) is 25.7 Å². The number of nitrogens with one attached hydrogen (secondary N) is 2. The van der Waals surface area contributed by atoms with Crippen molar-refractivity contribution in [2.45, 2.75) is 57.3 Å². The lowest BCUT2D eigenvalue weighted by Gasteiger charge is -2.14. The Morgan fingerprint density at radius 3 is 2.61 bits per heavy atom. The largest absolute Gasteiger partial charge is 0.322 e. The van der Waals surface area contributed by atoms with Gasteiger partial charge in [0, 0.05) is 28.3 Å². The number of aromatic nitrogens is 5. The number of aryl methyl sites for hydroxylation is 2. The van der Waals surface area contributed by atoms with Gasteiger partial charge in [-0.25, -0.2) is 0 Å². The van der Waals surface area contributed by atoms with Crippen LogP contribution in [-0.2, 0) is 12.8 Å². The quantitative estimate of drug-likeness (QED) is 0.556. The zero-order valence-corrected chi connectivity index (χ0v) is 18.2. The van der Waals surface area contributed by atoms with Crippen molar-refractivity contribution in [2.75, 3.05) is 0 Å². The monoisotopic (exact) mass is 435 g/mol. The first-order valence-corrected chi connectivity index (χ1v) is 11.5. The summed E-state index contributed by atoms with van der Waals surface area (Å²) in [6, 6.07) is 10.3. The summed E-state index contributed by atoms with van der Waals surface area (Å²) in [5.74, 6) is 1.65. The Labute approximate surface area is 186 Å². The topological polar surface area (TPSA) is 87.3 Å². The van der Waals surface area contributed by atoms with E-state index < -0.39 is 0 Å². The average Bonchev–Trinajstić information content (AvgIpc) is 3.23. The van der Waals surface area contributed by atoms with Gasteiger partial charge in [0.25, 0.3) is 5.56 Å². The van der Waals surface area contributed by atoms with Gasteiger partial charge < -0.3 is 4.98 Å². The molecule has 2 saturated carbocycles. The highest BCUT2D eigenvalue weighted by Gasteiger charge is 2.26. The van der Waals surface area contributed by atoms with Gasteiger partial charge in [-0.2, -0.15) is 5.21 Å². The first kappa shape index (κ1) is 20.2. The molecule has 0 saturated heterocycles. The number of tetrazole rings is 1. The van der Waals surface area contributed by atoms with Gasteiger partial charge in [0.15, 0.2) is 5.82 Å². The zero-order valence-electron chi connectivity index (χ0n) is 17.4. The van der Waals surface area contributed by atoms with Crippen LogP contribution in [-0.4, -0.2) is 25.6 Å². The highest BCUT2D eigenvalue weighted by atomic mass is 35.5. The molecular formula is C24H26ClN5O. The van der Waals surface area contributed by atoms with Crippen molar-refractivity contribution in [3.63, 3.8) is 0 Å². The first-order valence-electron chi connectivity index (χ1n) is 11.1. The molecule has 3 aromatic rings. The summed E-state index contributed by atoms with van der Waals surface area (Å²) in [6.45, 7) is 0. The molecule has 5 rings (SSSR count). The van der Waals surface area contributed by atoms with E-state index in [2.05, 4.69) is 49.9 Å². The Hall–Kier alpha value is -2.73. The molecule has 2 heterocycles.